The van der Waals surface area contributed by atoms with Crippen LogP contribution in [-0.4, -0.2) is 15.2 Å². The second-order valence-electron chi connectivity index (χ2n) is 4.83. The van der Waals surface area contributed by atoms with Crippen LogP contribution in [0.2, 0.25) is 0 Å². The molecule has 20 heavy (non-hydrogen) atoms. The van der Waals surface area contributed by atoms with Gasteiger partial charge in [-0.05, 0) is 37.6 Å². The molecule has 1 aromatic heterocycles. The number of rotatable bonds is 4. The Morgan fingerprint density at radius 3 is 2.20 bits per heavy atom. The van der Waals surface area contributed by atoms with Crippen LogP contribution in [0.25, 0.3) is 0 Å². The third kappa shape index (κ3) is 3.77. The minimum atomic E-state index is -0.251. The Labute approximate surface area is 122 Å². The van der Waals surface area contributed by atoms with Crippen LogP contribution < -0.4 is 5.73 Å². The molecule has 5 heteroatoms. The van der Waals surface area contributed by atoms with E-state index in [4.69, 9.17) is 5.73 Å². The molecular formula is C15H18FN3S. The van der Waals surface area contributed by atoms with Gasteiger partial charge >= 0.3 is 0 Å². The molecule has 1 heterocycles. The van der Waals surface area contributed by atoms with Gasteiger partial charge in [-0.3, -0.25) is 0 Å². The lowest BCUT2D eigenvalue weighted by Crippen LogP contribution is -2.21. The number of hydrogen-bond acceptors (Lipinski definition) is 4. The Kier molecular flexibility index (Phi) is 4.73. The van der Waals surface area contributed by atoms with E-state index in [2.05, 4.69) is 9.97 Å². The van der Waals surface area contributed by atoms with Crippen LogP contribution in [0.3, 0.4) is 0 Å². The monoisotopic (exact) mass is 291 g/mol. The summed E-state index contributed by atoms with van der Waals surface area (Å²) in [6, 6.07) is 8.05. The zero-order chi connectivity index (χ0) is 14.7. The lowest BCUT2D eigenvalue weighted by Gasteiger charge is -2.19. The van der Waals surface area contributed by atoms with Crippen molar-refractivity contribution in [2.75, 3.05) is 0 Å². The van der Waals surface area contributed by atoms with E-state index in [0.29, 0.717) is 0 Å². The van der Waals surface area contributed by atoms with Crippen LogP contribution >= 0.6 is 11.8 Å². The van der Waals surface area contributed by atoms with Crippen molar-refractivity contribution in [2.24, 2.45) is 5.73 Å². The first-order valence-corrected chi connectivity index (χ1v) is 7.33. The molecular weight excluding hydrogens is 273 g/mol. The highest BCUT2D eigenvalue weighted by Gasteiger charge is 2.17. The maximum atomic E-state index is 12.9. The number of benzene rings is 1. The van der Waals surface area contributed by atoms with Gasteiger partial charge in [0.05, 0.1) is 0 Å². The molecule has 2 atom stereocenters. The van der Waals surface area contributed by atoms with Crippen molar-refractivity contribution in [1.29, 1.82) is 0 Å². The second kappa shape index (κ2) is 6.33. The largest absolute Gasteiger partial charge is 0.323 e. The van der Waals surface area contributed by atoms with E-state index >= 15 is 0 Å². The summed E-state index contributed by atoms with van der Waals surface area (Å²) < 4.78 is 12.9. The second-order valence-corrected chi connectivity index (χ2v) is 6.18. The summed E-state index contributed by atoms with van der Waals surface area (Å²) in [7, 11) is 0. The SMILES string of the molecule is Cc1cc(C)nc(SC(C)C(N)c2ccc(F)cc2)n1. The minimum Gasteiger partial charge on any atom is -0.323 e. The van der Waals surface area contributed by atoms with Crippen molar-refractivity contribution in [3.63, 3.8) is 0 Å². The van der Waals surface area contributed by atoms with Gasteiger partial charge in [-0.25, -0.2) is 14.4 Å². The lowest BCUT2D eigenvalue weighted by molar-refractivity contribution is 0.624. The van der Waals surface area contributed by atoms with E-state index < -0.39 is 0 Å². The highest BCUT2D eigenvalue weighted by molar-refractivity contribution is 7.99. The van der Waals surface area contributed by atoms with E-state index in [1.807, 2.05) is 26.8 Å². The molecule has 0 fully saturated rings. The third-order valence-electron chi connectivity index (χ3n) is 3.01. The summed E-state index contributed by atoms with van der Waals surface area (Å²) in [4.78, 5) is 8.80. The smallest absolute Gasteiger partial charge is 0.188 e. The van der Waals surface area contributed by atoms with Crippen molar-refractivity contribution < 1.29 is 4.39 Å². The molecule has 0 saturated carbocycles. The van der Waals surface area contributed by atoms with Gasteiger partial charge in [0, 0.05) is 22.7 Å². The van der Waals surface area contributed by atoms with Gasteiger partial charge in [0.2, 0.25) is 0 Å². The number of aromatic nitrogens is 2. The van der Waals surface area contributed by atoms with Crippen molar-refractivity contribution in [1.82, 2.24) is 9.97 Å². The number of nitrogens with two attached hydrogens (primary N) is 1. The first-order chi connectivity index (χ1) is 9.45. The molecule has 0 aliphatic rings. The average Bonchev–Trinajstić information content (AvgIpc) is 2.37. The van der Waals surface area contributed by atoms with Gasteiger partial charge in [-0.15, -0.1) is 0 Å². The highest BCUT2D eigenvalue weighted by Crippen LogP contribution is 2.28. The van der Waals surface area contributed by atoms with E-state index in [9.17, 15) is 4.39 Å². The third-order valence-corrected chi connectivity index (χ3v) is 4.07. The molecule has 0 saturated heterocycles. The number of halogens is 1. The molecule has 2 rings (SSSR count). The molecule has 106 valence electrons. The predicted octanol–water partition coefficient (Wildman–Crippen LogP) is 3.41. The van der Waals surface area contributed by atoms with E-state index in [-0.39, 0.29) is 17.1 Å². The maximum Gasteiger partial charge on any atom is 0.188 e. The van der Waals surface area contributed by atoms with Crippen LogP contribution in [0, 0.1) is 19.7 Å². The van der Waals surface area contributed by atoms with Gasteiger partial charge in [0.25, 0.3) is 0 Å². The van der Waals surface area contributed by atoms with Crippen LogP contribution in [0.5, 0.6) is 0 Å². The van der Waals surface area contributed by atoms with Gasteiger partial charge in [0.15, 0.2) is 5.16 Å². The number of hydrogen-bond donors (Lipinski definition) is 1. The van der Waals surface area contributed by atoms with Crippen molar-refractivity contribution in [2.45, 2.75) is 37.2 Å². The Morgan fingerprint density at radius 1 is 1.10 bits per heavy atom. The summed E-state index contributed by atoms with van der Waals surface area (Å²) in [5, 5.41) is 0.828. The summed E-state index contributed by atoms with van der Waals surface area (Å²) in [6.07, 6.45) is 0. The normalized spacial score (nSPS) is 14.1. The molecule has 2 unspecified atom stereocenters. The van der Waals surface area contributed by atoms with E-state index in [0.717, 1.165) is 22.1 Å². The highest BCUT2D eigenvalue weighted by atomic mass is 32.2. The van der Waals surface area contributed by atoms with Gasteiger partial charge in [-0.2, -0.15) is 0 Å². The molecule has 0 aliphatic carbocycles. The zero-order valence-corrected chi connectivity index (χ0v) is 12.6. The molecule has 1 aromatic carbocycles. The van der Waals surface area contributed by atoms with E-state index in [1.165, 1.54) is 23.9 Å². The molecule has 2 aromatic rings. The van der Waals surface area contributed by atoms with Gasteiger partial charge in [-0.1, -0.05) is 30.8 Å². The van der Waals surface area contributed by atoms with Crippen LogP contribution in [-0.2, 0) is 0 Å². The fourth-order valence-corrected chi connectivity index (χ4v) is 2.97. The van der Waals surface area contributed by atoms with Crippen LogP contribution in [0.4, 0.5) is 4.39 Å². The zero-order valence-electron chi connectivity index (χ0n) is 11.8. The average molecular weight is 291 g/mol. The fourth-order valence-electron chi connectivity index (χ4n) is 1.94. The molecule has 2 N–H and O–H groups in total. The summed E-state index contributed by atoms with van der Waals surface area (Å²) in [5.74, 6) is -0.251. The summed E-state index contributed by atoms with van der Waals surface area (Å²) in [6.45, 7) is 5.92. The van der Waals surface area contributed by atoms with Gasteiger partial charge in [0.1, 0.15) is 5.82 Å². The molecule has 0 radical (unpaired) electrons. The van der Waals surface area contributed by atoms with Crippen molar-refractivity contribution >= 4 is 11.8 Å². The predicted molar refractivity (Wildman–Crippen MR) is 80.2 cm³/mol. The number of nitrogens with zero attached hydrogens (tertiary/aromatic N) is 2. The first-order valence-electron chi connectivity index (χ1n) is 6.45. The quantitative estimate of drug-likeness (QED) is 0.693. The first kappa shape index (κ1) is 14.9. The number of aryl methyl sites for hydroxylation is 2. The van der Waals surface area contributed by atoms with Crippen molar-refractivity contribution in [3.05, 3.63) is 53.1 Å². The van der Waals surface area contributed by atoms with Gasteiger partial charge < -0.3 is 5.73 Å². The summed E-state index contributed by atoms with van der Waals surface area (Å²) in [5.41, 5.74) is 9.02. The fraction of sp³-hybridized carbons (Fsp3) is 0.333. The minimum absolute atomic E-state index is 0.0988. The number of thioether (sulfide) groups is 1. The summed E-state index contributed by atoms with van der Waals surface area (Å²) >= 11 is 1.54. The standard InChI is InChI=1S/C15H18FN3S/c1-9-8-10(2)19-15(18-9)20-11(3)14(17)12-4-6-13(16)7-5-12/h4-8,11,14H,17H2,1-3H3. The molecule has 0 aliphatic heterocycles. The molecule has 0 spiro atoms. The Bertz CT molecular complexity index is 566. The lowest BCUT2D eigenvalue weighted by atomic mass is 10.1. The Morgan fingerprint density at radius 2 is 1.65 bits per heavy atom. The van der Waals surface area contributed by atoms with E-state index in [1.54, 1.807) is 12.1 Å². The Balaban J connectivity index is 2.10. The van der Waals surface area contributed by atoms with Crippen LogP contribution in [0.15, 0.2) is 35.5 Å². The Hall–Kier alpha value is -1.46. The van der Waals surface area contributed by atoms with Crippen molar-refractivity contribution in [3.8, 4) is 0 Å². The molecule has 3 nitrogen and oxygen atoms in total. The maximum absolute atomic E-state index is 12.9. The van der Waals surface area contributed by atoms with Crippen LogP contribution in [0.1, 0.15) is 29.9 Å². The molecule has 0 amide bonds. The molecule has 0 bridgehead atoms. The topological polar surface area (TPSA) is 51.8 Å².